The standard InChI is InChI=1S/C14H7F5N2/c15-10-2-1-3-11(16)13(10)9(7-20)12-6-8(4-5-21-12)14(17,18)19/h1-6,9H. The lowest BCUT2D eigenvalue weighted by atomic mass is 9.94. The first-order chi connectivity index (χ1) is 9.84. The molecule has 0 aliphatic carbocycles. The highest BCUT2D eigenvalue weighted by molar-refractivity contribution is 5.38. The van der Waals surface area contributed by atoms with Crippen LogP contribution in [0.25, 0.3) is 0 Å². The molecule has 21 heavy (non-hydrogen) atoms. The Balaban J connectivity index is 2.56. The van der Waals surface area contributed by atoms with Crippen molar-refractivity contribution >= 4 is 0 Å². The molecule has 0 amide bonds. The summed E-state index contributed by atoms with van der Waals surface area (Å²) >= 11 is 0. The Morgan fingerprint density at radius 2 is 1.71 bits per heavy atom. The summed E-state index contributed by atoms with van der Waals surface area (Å²) in [5.74, 6) is -3.59. The third-order valence-corrected chi connectivity index (χ3v) is 2.82. The maximum Gasteiger partial charge on any atom is 0.416 e. The number of halogens is 5. The van der Waals surface area contributed by atoms with Crippen molar-refractivity contribution in [2.45, 2.75) is 12.1 Å². The number of alkyl halides is 3. The largest absolute Gasteiger partial charge is 0.416 e. The Morgan fingerprint density at radius 3 is 2.24 bits per heavy atom. The molecule has 0 saturated carbocycles. The highest BCUT2D eigenvalue weighted by Crippen LogP contribution is 2.33. The van der Waals surface area contributed by atoms with E-state index in [-0.39, 0.29) is 5.69 Å². The molecule has 108 valence electrons. The third-order valence-electron chi connectivity index (χ3n) is 2.82. The Hall–Kier alpha value is -2.49. The molecule has 2 nitrogen and oxygen atoms in total. The molecule has 1 aromatic heterocycles. The molecule has 0 fully saturated rings. The van der Waals surface area contributed by atoms with Crippen LogP contribution in [0.15, 0.2) is 36.5 Å². The summed E-state index contributed by atoms with van der Waals surface area (Å²) in [5, 5.41) is 9.07. The third kappa shape index (κ3) is 2.99. The monoisotopic (exact) mass is 298 g/mol. The molecule has 0 aliphatic heterocycles. The normalized spacial score (nSPS) is 12.8. The van der Waals surface area contributed by atoms with Crippen molar-refractivity contribution in [3.8, 4) is 6.07 Å². The molecule has 0 aliphatic rings. The molecule has 0 bridgehead atoms. The van der Waals surface area contributed by atoms with E-state index in [4.69, 9.17) is 5.26 Å². The van der Waals surface area contributed by atoms with E-state index in [0.717, 1.165) is 30.5 Å². The Morgan fingerprint density at radius 1 is 1.10 bits per heavy atom. The molecule has 1 aromatic carbocycles. The van der Waals surface area contributed by atoms with Crippen LogP contribution in [0.4, 0.5) is 22.0 Å². The van der Waals surface area contributed by atoms with Crippen LogP contribution in [-0.4, -0.2) is 4.98 Å². The Kier molecular flexibility index (Phi) is 3.89. The van der Waals surface area contributed by atoms with E-state index in [0.29, 0.717) is 6.07 Å². The van der Waals surface area contributed by atoms with Crippen LogP contribution in [0.5, 0.6) is 0 Å². The van der Waals surface area contributed by atoms with Crippen molar-refractivity contribution < 1.29 is 22.0 Å². The van der Waals surface area contributed by atoms with E-state index in [2.05, 4.69) is 4.98 Å². The van der Waals surface area contributed by atoms with E-state index in [1.54, 1.807) is 6.07 Å². The van der Waals surface area contributed by atoms with Crippen LogP contribution in [0.1, 0.15) is 22.7 Å². The van der Waals surface area contributed by atoms with Crippen molar-refractivity contribution in [1.82, 2.24) is 4.98 Å². The van der Waals surface area contributed by atoms with Gasteiger partial charge in [0.1, 0.15) is 17.6 Å². The second-order valence-corrected chi connectivity index (χ2v) is 4.16. The van der Waals surface area contributed by atoms with Gasteiger partial charge in [-0.05, 0) is 24.3 Å². The quantitative estimate of drug-likeness (QED) is 0.785. The van der Waals surface area contributed by atoms with Crippen LogP contribution in [0, 0.1) is 23.0 Å². The van der Waals surface area contributed by atoms with Gasteiger partial charge >= 0.3 is 6.18 Å². The number of nitriles is 1. The van der Waals surface area contributed by atoms with Crippen molar-refractivity contribution in [2.24, 2.45) is 0 Å². The summed E-state index contributed by atoms with van der Waals surface area (Å²) in [5.41, 5.74) is -2.02. The number of aromatic nitrogens is 1. The van der Waals surface area contributed by atoms with E-state index >= 15 is 0 Å². The van der Waals surface area contributed by atoms with Crippen LogP contribution < -0.4 is 0 Å². The Labute approximate surface area is 116 Å². The highest BCUT2D eigenvalue weighted by Gasteiger charge is 2.32. The zero-order valence-corrected chi connectivity index (χ0v) is 10.3. The van der Waals surface area contributed by atoms with Gasteiger partial charge in [-0.1, -0.05) is 6.07 Å². The van der Waals surface area contributed by atoms with Crippen molar-refractivity contribution in [3.63, 3.8) is 0 Å². The average Bonchev–Trinajstić information content (AvgIpc) is 2.42. The van der Waals surface area contributed by atoms with Gasteiger partial charge in [-0.15, -0.1) is 0 Å². The number of rotatable bonds is 2. The smallest absolute Gasteiger partial charge is 0.260 e. The molecule has 2 aromatic rings. The lowest BCUT2D eigenvalue weighted by molar-refractivity contribution is -0.137. The van der Waals surface area contributed by atoms with Gasteiger partial charge in [-0.2, -0.15) is 18.4 Å². The fourth-order valence-corrected chi connectivity index (χ4v) is 1.85. The van der Waals surface area contributed by atoms with Gasteiger partial charge < -0.3 is 0 Å². The van der Waals surface area contributed by atoms with Gasteiger partial charge in [-0.3, -0.25) is 4.98 Å². The number of hydrogen-bond acceptors (Lipinski definition) is 2. The number of pyridine rings is 1. The van der Waals surface area contributed by atoms with Gasteiger partial charge in [0.25, 0.3) is 0 Å². The number of benzene rings is 1. The summed E-state index contributed by atoms with van der Waals surface area (Å²) in [7, 11) is 0. The minimum atomic E-state index is -4.63. The maximum atomic E-state index is 13.7. The predicted octanol–water partition coefficient (Wildman–Crippen LogP) is 4.03. The minimum absolute atomic E-state index is 0.365. The first-order valence-electron chi connectivity index (χ1n) is 5.71. The van der Waals surface area contributed by atoms with Gasteiger partial charge in [-0.25, -0.2) is 8.78 Å². The first kappa shape index (κ1) is 14.9. The molecule has 0 radical (unpaired) electrons. The predicted molar refractivity (Wildman–Crippen MR) is 63.1 cm³/mol. The highest BCUT2D eigenvalue weighted by atomic mass is 19.4. The summed E-state index contributed by atoms with van der Waals surface area (Å²) in [4.78, 5) is 3.63. The lowest BCUT2D eigenvalue weighted by Crippen LogP contribution is -2.10. The minimum Gasteiger partial charge on any atom is -0.260 e. The van der Waals surface area contributed by atoms with Crippen LogP contribution in [0.3, 0.4) is 0 Å². The average molecular weight is 298 g/mol. The fraction of sp³-hybridized carbons (Fsp3) is 0.143. The number of nitrogens with zero attached hydrogens (tertiary/aromatic N) is 2. The van der Waals surface area contributed by atoms with Crippen LogP contribution >= 0.6 is 0 Å². The molecule has 2 rings (SSSR count). The molecule has 0 saturated heterocycles. The van der Waals surface area contributed by atoms with Crippen LogP contribution in [0.2, 0.25) is 0 Å². The summed E-state index contributed by atoms with van der Waals surface area (Å²) in [6, 6.07) is 5.87. The molecule has 1 heterocycles. The van der Waals surface area contributed by atoms with E-state index in [9.17, 15) is 22.0 Å². The second kappa shape index (κ2) is 5.48. The van der Waals surface area contributed by atoms with Crippen LogP contribution in [-0.2, 0) is 6.18 Å². The van der Waals surface area contributed by atoms with Gasteiger partial charge in [0.05, 0.1) is 17.3 Å². The van der Waals surface area contributed by atoms with Gasteiger partial charge in [0.15, 0.2) is 0 Å². The van der Waals surface area contributed by atoms with Crippen molar-refractivity contribution in [2.75, 3.05) is 0 Å². The molecular formula is C14H7F5N2. The van der Waals surface area contributed by atoms with E-state index in [1.807, 2.05) is 0 Å². The van der Waals surface area contributed by atoms with E-state index in [1.165, 1.54) is 0 Å². The van der Waals surface area contributed by atoms with Gasteiger partial charge in [0.2, 0.25) is 0 Å². The molecule has 7 heteroatoms. The maximum absolute atomic E-state index is 13.7. The molecule has 0 spiro atoms. The Bertz CT molecular complexity index is 683. The lowest BCUT2D eigenvalue weighted by Gasteiger charge is -2.13. The van der Waals surface area contributed by atoms with E-state index < -0.39 is 34.9 Å². The summed E-state index contributed by atoms with van der Waals surface area (Å²) in [6.45, 7) is 0. The molecule has 1 unspecified atom stereocenters. The SMILES string of the molecule is N#CC(c1cc(C(F)(F)F)ccn1)c1c(F)cccc1F. The second-order valence-electron chi connectivity index (χ2n) is 4.16. The van der Waals surface area contributed by atoms with Gasteiger partial charge in [0, 0.05) is 11.8 Å². The van der Waals surface area contributed by atoms with Crippen molar-refractivity contribution in [3.05, 3.63) is 65.0 Å². The fourth-order valence-electron chi connectivity index (χ4n) is 1.85. The summed E-state index contributed by atoms with van der Waals surface area (Å²) in [6.07, 6.45) is -3.79. The molecule has 0 N–H and O–H groups in total. The summed E-state index contributed by atoms with van der Waals surface area (Å²) < 4.78 is 65.2. The first-order valence-corrected chi connectivity index (χ1v) is 5.71. The molecule has 1 atom stereocenters. The zero-order valence-electron chi connectivity index (χ0n) is 10.3. The molecular weight excluding hydrogens is 291 g/mol. The zero-order chi connectivity index (χ0) is 15.6. The number of hydrogen-bond donors (Lipinski definition) is 0. The topological polar surface area (TPSA) is 36.7 Å². The van der Waals surface area contributed by atoms with Crippen molar-refractivity contribution in [1.29, 1.82) is 5.26 Å².